The molecule has 2 heterocycles. The number of rotatable bonds is 1. The number of hydrogen-bond acceptors (Lipinski definition) is 3. The maximum atomic E-state index is 11.0. The fourth-order valence-corrected chi connectivity index (χ4v) is 1.77. The molecule has 0 radical (unpaired) electrons. The van der Waals surface area contributed by atoms with E-state index in [0.29, 0.717) is 5.92 Å². The third-order valence-corrected chi connectivity index (χ3v) is 2.44. The van der Waals surface area contributed by atoms with Crippen molar-refractivity contribution in [3.05, 3.63) is 0 Å². The van der Waals surface area contributed by atoms with E-state index in [1.807, 2.05) is 0 Å². The zero-order valence-electron chi connectivity index (χ0n) is 5.87. The molecule has 0 aromatic carbocycles. The molecule has 0 N–H and O–H groups in total. The second kappa shape index (κ2) is 1.95. The maximum absolute atomic E-state index is 11.0. The van der Waals surface area contributed by atoms with E-state index < -0.39 is 0 Å². The zero-order valence-corrected chi connectivity index (χ0v) is 5.87. The van der Waals surface area contributed by atoms with Crippen LogP contribution in [0.3, 0.4) is 0 Å². The van der Waals surface area contributed by atoms with Gasteiger partial charge >= 0.3 is 5.97 Å². The smallest absolute Gasteiger partial charge is 0.311 e. The standard InChI is InChI=1S/C7H10O3/c1-9-7(8)6-4-2-5(6)10-3-4/h4-6H,2-3H2,1H3/t4-,5-,6+/m1/s1. The second-order valence-electron chi connectivity index (χ2n) is 2.92. The lowest BCUT2D eigenvalue weighted by atomic mass is 9.74. The number of methoxy groups -OCH3 is 1. The number of fused-ring (bicyclic) bond motifs is 1. The fourth-order valence-electron chi connectivity index (χ4n) is 1.77. The number of ether oxygens (including phenoxy) is 2. The van der Waals surface area contributed by atoms with E-state index in [2.05, 4.69) is 4.74 Å². The Morgan fingerprint density at radius 1 is 1.70 bits per heavy atom. The van der Waals surface area contributed by atoms with E-state index in [1.165, 1.54) is 7.11 Å². The van der Waals surface area contributed by atoms with Crippen molar-refractivity contribution in [2.75, 3.05) is 13.7 Å². The van der Waals surface area contributed by atoms with E-state index in [9.17, 15) is 4.79 Å². The van der Waals surface area contributed by atoms with Crippen molar-refractivity contribution in [2.24, 2.45) is 11.8 Å². The average Bonchev–Trinajstić information content (AvgIpc) is 2.44. The Labute approximate surface area is 59.3 Å². The molecule has 3 rings (SSSR count). The molecule has 0 amide bonds. The Morgan fingerprint density at radius 2 is 2.50 bits per heavy atom. The summed E-state index contributed by atoms with van der Waals surface area (Å²) in [6, 6.07) is 0. The summed E-state index contributed by atoms with van der Waals surface area (Å²) < 4.78 is 9.88. The lowest BCUT2D eigenvalue weighted by molar-refractivity contribution is -0.152. The van der Waals surface area contributed by atoms with Crippen LogP contribution < -0.4 is 0 Å². The van der Waals surface area contributed by atoms with Gasteiger partial charge in [-0.1, -0.05) is 0 Å². The lowest BCUT2D eigenvalue weighted by Gasteiger charge is -2.29. The Morgan fingerprint density at radius 3 is 2.90 bits per heavy atom. The molecule has 3 aliphatic rings. The molecule has 56 valence electrons. The summed E-state index contributed by atoms with van der Waals surface area (Å²) in [7, 11) is 1.43. The molecule has 0 aromatic rings. The summed E-state index contributed by atoms with van der Waals surface area (Å²) in [5.41, 5.74) is 0. The highest BCUT2D eigenvalue weighted by molar-refractivity contribution is 5.75. The van der Waals surface area contributed by atoms with Crippen LogP contribution in [0.4, 0.5) is 0 Å². The van der Waals surface area contributed by atoms with E-state index in [4.69, 9.17) is 4.74 Å². The van der Waals surface area contributed by atoms with Gasteiger partial charge < -0.3 is 9.47 Å². The predicted octanol–water partition coefficient (Wildman–Crippen LogP) is 0.194. The fraction of sp³-hybridized carbons (Fsp3) is 0.857. The van der Waals surface area contributed by atoms with Crippen molar-refractivity contribution in [3.63, 3.8) is 0 Å². The van der Waals surface area contributed by atoms with Gasteiger partial charge in [0, 0.05) is 5.92 Å². The van der Waals surface area contributed by atoms with Gasteiger partial charge in [0.1, 0.15) is 0 Å². The molecule has 2 aliphatic heterocycles. The molecule has 10 heavy (non-hydrogen) atoms. The van der Waals surface area contributed by atoms with Crippen LogP contribution >= 0.6 is 0 Å². The van der Waals surface area contributed by atoms with Crippen molar-refractivity contribution >= 4 is 5.97 Å². The van der Waals surface area contributed by atoms with Crippen molar-refractivity contribution in [3.8, 4) is 0 Å². The third kappa shape index (κ3) is 0.611. The van der Waals surface area contributed by atoms with Gasteiger partial charge in [0.05, 0.1) is 25.7 Å². The number of hydrogen-bond donors (Lipinski definition) is 0. The number of carbonyl (C=O) groups is 1. The first-order chi connectivity index (χ1) is 4.83. The second-order valence-corrected chi connectivity index (χ2v) is 2.92. The molecule has 0 aromatic heterocycles. The quantitative estimate of drug-likeness (QED) is 0.490. The lowest BCUT2D eigenvalue weighted by Crippen LogP contribution is -2.40. The molecule has 3 fully saturated rings. The van der Waals surface area contributed by atoms with Gasteiger partial charge in [-0.15, -0.1) is 0 Å². The predicted molar refractivity (Wildman–Crippen MR) is 33.4 cm³/mol. The Hall–Kier alpha value is -0.570. The molecule has 1 aliphatic carbocycles. The zero-order chi connectivity index (χ0) is 7.14. The number of esters is 1. The highest BCUT2D eigenvalue weighted by Crippen LogP contribution is 2.44. The molecule has 2 saturated heterocycles. The number of carbonyl (C=O) groups excluding carboxylic acids is 1. The largest absolute Gasteiger partial charge is 0.469 e. The van der Waals surface area contributed by atoms with Crippen molar-refractivity contribution in [1.82, 2.24) is 0 Å². The highest BCUT2D eigenvalue weighted by Gasteiger charge is 2.52. The van der Waals surface area contributed by atoms with Gasteiger partial charge in [-0.2, -0.15) is 0 Å². The van der Waals surface area contributed by atoms with Crippen LogP contribution in [-0.4, -0.2) is 25.8 Å². The monoisotopic (exact) mass is 142 g/mol. The first-order valence-electron chi connectivity index (χ1n) is 3.52. The van der Waals surface area contributed by atoms with Crippen LogP contribution in [0, 0.1) is 11.8 Å². The molecule has 3 atom stereocenters. The molecular formula is C7H10O3. The van der Waals surface area contributed by atoms with Gasteiger partial charge in [-0.05, 0) is 6.42 Å². The minimum Gasteiger partial charge on any atom is -0.469 e. The molecule has 0 spiro atoms. The highest BCUT2D eigenvalue weighted by atomic mass is 16.5. The van der Waals surface area contributed by atoms with Crippen LogP contribution in [0.15, 0.2) is 0 Å². The van der Waals surface area contributed by atoms with Crippen LogP contribution in [0.5, 0.6) is 0 Å². The van der Waals surface area contributed by atoms with E-state index in [1.54, 1.807) is 0 Å². The maximum Gasteiger partial charge on any atom is 0.311 e. The average molecular weight is 142 g/mol. The summed E-state index contributed by atoms with van der Waals surface area (Å²) in [5, 5.41) is 0. The Kier molecular flexibility index (Phi) is 1.20. The third-order valence-electron chi connectivity index (χ3n) is 2.44. The van der Waals surface area contributed by atoms with Gasteiger partial charge in [0.15, 0.2) is 0 Å². The van der Waals surface area contributed by atoms with Crippen LogP contribution in [0.1, 0.15) is 6.42 Å². The summed E-state index contributed by atoms with van der Waals surface area (Å²) in [5.74, 6) is 0.418. The van der Waals surface area contributed by atoms with Gasteiger partial charge in [0.25, 0.3) is 0 Å². The summed E-state index contributed by atoms with van der Waals surface area (Å²) in [6.07, 6.45) is 1.23. The molecule has 0 unspecified atom stereocenters. The minimum atomic E-state index is -0.0984. The van der Waals surface area contributed by atoms with E-state index >= 15 is 0 Å². The summed E-state index contributed by atoms with van der Waals surface area (Å²) in [6.45, 7) is 0.754. The molecule has 3 heteroatoms. The van der Waals surface area contributed by atoms with Gasteiger partial charge in [0.2, 0.25) is 0 Å². The normalized spacial score (nSPS) is 42.7. The van der Waals surface area contributed by atoms with Crippen LogP contribution in [-0.2, 0) is 14.3 Å². The van der Waals surface area contributed by atoms with E-state index in [0.717, 1.165) is 13.0 Å². The first-order valence-corrected chi connectivity index (χ1v) is 3.52. The van der Waals surface area contributed by atoms with E-state index in [-0.39, 0.29) is 18.0 Å². The van der Waals surface area contributed by atoms with Crippen molar-refractivity contribution < 1.29 is 14.3 Å². The van der Waals surface area contributed by atoms with Gasteiger partial charge in [-0.3, -0.25) is 4.79 Å². The molecule has 2 bridgehead atoms. The summed E-state index contributed by atoms with van der Waals surface area (Å²) in [4.78, 5) is 11.0. The van der Waals surface area contributed by atoms with Crippen molar-refractivity contribution in [2.45, 2.75) is 12.5 Å². The molecule has 3 nitrogen and oxygen atoms in total. The van der Waals surface area contributed by atoms with Crippen LogP contribution in [0.2, 0.25) is 0 Å². The summed E-state index contributed by atoms with van der Waals surface area (Å²) >= 11 is 0. The SMILES string of the molecule is COC(=O)[C@H]1[C@H]2CO[C@@H]1C2. The Bertz CT molecular complexity index is 152. The Balaban J connectivity index is 2.02. The molecular weight excluding hydrogens is 132 g/mol. The molecule has 1 saturated carbocycles. The van der Waals surface area contributed by atoms with Crippen molar-refractivity contribution in [1.29, 1.82) is 0 Å². The minimum absolute atomic E-state index is 0.0602. The van der Waals surface area contributed by atoms with Gasteiger partial charge in [-0.25, -0.2) is 0 Å². The first kappa shape index (κ1) is 6.16. The van der Waals surface area contributed by atoms with Crippen LogP contribution in [0.25, 0.3) is 0 Å². The topological polar surface area (TPSA) is 35.5 Å².